The van der Waals surface area contributed by atoms with Crippen LogP contribution in [0, 0.1) is 11.8 Å². The molecular weight excluding hydrogens is 461 g/mol. The molecule has 3 heterocycles. The van der Waals surface area contributed by atoms with Gasteiger partial charge < -0.3 is 14.7 Å². The first-order chi connectivity index (χ1) is 16.0. The Hall–Kier alpha value is -2.23. The summed E-state index contributed by atoms with van der Waals surface area (Å²) in [5.74, 6) is 0.272. The molecule has 0 saturated carbocycles. The molecule has 1 saturated heterocycles. The Bertz CT molecular complexity index is 1070. The van der Waals surface area contributed by atoms with Crippen LogP contribution in [0.2, 0.25) is 0 Å². The Labute approximate surface area is 201 Å². The van der Waals surface area contributed by atoms with Gasteiger partial charge >= 0.3 is 5.97 Å². The summed E-state index contributed by atoms with van der Waals surface area (Å²) < 4.78 is 21.7. The third-order valence-electron chi connectivity index (χ3n) is 6.31. The number of hydrogen-bond acceptors (Lipinski definition) is 7. The standard InChI is InChI=1S/C24H28FN3O3S2/c1-31-17-3-5-22-19(14-17)18(6-8-26-22)21(25)4-2-16-7-10-28(15-20(16)23(29)30)11-13-33-24-27-9-12-32-24/h3,5-6,8-9,12,14,16,20-21H,2,4,7,10-11,13,15H2,1H3,(H,29,30)/t16-,20+,21?/m1/s1. The predicted octanol–water partition coefficient (Wildman–Crippen LogP) is 5.31. The maximum atomic E-state index is 15.3. The first-order valence-electron chi connectivity index (χ1n) is 11.1. The third-order valence-corrected chi connectivity index (χ3v) is 8.26. The van der Waals surface area contributed by atoms with Crippen LogP contribution in [0.15, 0.2) is 46.4 Å². The maximum absolute atomic E-state index is 15.3. The number of rotatable bonds is 10. The lowest BCUT2D eigenvalue weighted by Gasteiger charge is -2.36. The molecule has 1 aliphatic rings. The van der Waals surface area contributed by atoms with Crippen molar-refractivity contribution >= 4 is 40.0 Å². The third kappa shape index (κ3) is 6.02. The van der Waals surface area contributed by atoms with Crippen molar-refractivity contribution in [1.29, 1.82) is 0 Å². The summed E-state index contributed by atoms with van der Waals surface area (Å²) in [5.41, 5.74) is 1.31. The first-order valence-corrected chi connectivity index (χ1v) is 13.0. The van der Waals surface area contributed by atoms with Gasteiger partial charge in [0, 0.05) is 42.0 Å². The molecule has 0 spiro atoms. The minimum Gasteiger partial charge on any atom is -0.497 e. The van der Waals surface area contributed by atoms with E-state index in [2.05, 4.69) is 14.9 Å². The quantitative estimate of drug-likeness (QED) is 0.387. The van der Waals surface area contributed by atoms with E-state index in [1.54, 1.807) is 48.7 Å². The zero-order valence-electron chi connectivity index (χ0n) is 18.5. The molecule has 0 aliphatic carbocycles. The number of methoxy groups -OCH3 is 1. The summed E-state index contributed by atoms with van der Waals surface area (Å²) in [4.78, 5) is 22.8. The number of carbonyl (C=O) groups is 1. The van der Waals surface area contributed by atoms with Crippen LogP contribution in [0.1, 0.15) is 31.0 Å². The molecule has 0 bridgehead atoms. The van der Waals surface area contributed by atoms with E-state index in [-0.39, 0.29) is 5.92 Å². The highest BCUT2D eigenvalue weighted by Crippen LogP contribution is 2.35. The number of hydrogen-bond donors (Lipinski definition) is 1. The van der Waals surface area contributed by atoms with Gasteiger partial charge in [-0.3, -0.25) is 9.78 Å². The topological polar surface area (TPSA) is 75.5 Å². The summed E-state index contributed by atoms with van der Waals surface area (Å²) >= 11 is 3.32. The summed E-state index contributed by atoms with van der Waals surface area (Å²) in [7, 11) is 1.58. The van der Waals surface area contributed by atoms with Crippen molar-refractivity contribution in [3.05, 3.63) is 47.6 Å². The van der Waals surface area contributed by atoms with Crippen LogP contribution < -0.4 is 4.74 Å². The number of piperidine rings is 1. The predicted molar refractivity (Wildman–Crippen MR) is 130 cm³/mol. The zero-order valence-corrected chi connectivity index (χ0v) is 20.2. The zero-order chi connectivity index (χ0) is 23.2. The SMILES string of the molecule is COc1ccc2nccc(C(F)CC[C@@H]3CCN(CCSc4nccs4)C[C@@H]3C(=O)O)c2c1. The van der Waals surface area contributed by atoms with E-state index in [0.717, 1.165) is 40.5 Å². The molecule has 1 unspecified atom stereocenters. The number of carboxylic acid groups (broad SMARTS) is 1. The Morgan fingerprint density at radius 1 is 1.36 bits per heavy atom. The van der Waals surface area contributed by atoms with Crippen LogP contribution in [0.4, 0.5) is 4.39 Å². The number of halogens is 1. The van der Waals surface area contributed by atoms with E-state index in [1.807, 2.05) is 23.6 Å². The second kappa shape index (κ2) is 11.3. The molecule has 176 valence electrons. The molecule has 9 heteroatoms. The van der Waals surface area contributed by atoms with Crippen molar-refractivity contribution in [2.24, 2.45) is 11.8 Å². The number of pyridine rings is 1. The first kappa shape index (κ1) is 23.9. The normalized spacial score (nSPS) is 20.1. The molecule has 2 aromatic heterocycles. The second-order valence-corrected chi connectivity index (χ2v) is 10.5. The van der Waals surface area contributed by atoms with Crippen molar-refractivity contribution in [3.63, 3.8) is 0 Å². The molecule has 1 fully saturated rings. The molecule has 6 nitrogen and oxygen atoms in total. The van der Waals surface area contributed by atoms with Crippen LogP contribution in [-0.4, -0.2) is 58.4 Å². The molecule has 33 heavy (non-hydrogen) atoms. The molecule has 1 aliphatic heterocycles. The maximum Gasteiger partial charge on any atom is 0.308 e. The van der Waals surface area contributed by atoms with Crippen LogP contribution in [0.5, 0.6) is 5.75 Å². The minimum absolute atomic E-state index is 0.0220. The minimum atomic E-state index is -1.18. The van der Waals surface area contributed by atoms with Gasteiger partial charge in [-0.15, -0.1) is 11.3 Å². The molecule has 3 atom stereocenters. The number of carboxylic acids is 1. The Balaban J connectivity index is 1.34. The Morgan fingerprint density at radius 3 is 3.00 bits per heavy atom. The monoisotopic (exact) mass is 489 g/mol. The molecule has 4 rings (SSSR count). The van der Waals surface area contributed by atoms with Crippen molar-refractivity contribution in [1.82, 2.24) is 14.9 Å². The highest BCUT2D eigenvalue weighted by atomic mass is 32.2. The Morgan fingerprint density at radius 2 is 2.24 bits per heavy atom. The van der Waals surface area contributed by atoms with Crippen molar-refractivity contribution in [2.45, 2.75) is 29.8 Å². The van der Waals surface area contributed by atoms with Gasteiger partial charge in [0.15, 0.2) is 0 Å². The van der Waals surface area contributed by atoms with E-state index in [9.17, 15) is 9.90 Å². The average molecular weight is 490 g/mol. The van der Waals surface area contributed by atoms with E-state index in [0.29, 0.717) is 30.7 Å². The lowest BCUT2D eigenvalue weighted by atomic mass is 9.81. The number of thiazole rings is 1. The molecular formula is C24H28FN3O3S2. The van der Waals surface area contributed by atoms with Crippen molar-refractivity contribution in [3.8, 4) is 5.75 Å². The van der Waals surface area contributed by atoms with Crippen LogP contribution >= 0.6 is 23.1 Å². The second-order valence-electron chi connectivity index (χ2n) is 8.27. The fourth-order valence-corrected chi connectivity index (χ4v) is 6.21. The van der Waals surface area contributed by atoms with E-state index in [1.165, 1.54) is 0 Å². The van der Waals surface area contributed by atoms with E-state index >= 15 is 4.39 Å². The molecule has 0 amide bonds. The average Bonchev–Trinajstić information content (AvgIpc) is 3.35. The van der Waals surface area contributed by atoms with E-state index in [4.69, 9.17) is 4.74 Å². The number of ether oxygens (including phenoxy) is 1. The Kier molecular flexibility index (Phi) is 8.16. The summed E-state index contributed by atoms with van der Waals surface area (Å²) in [6.07, 6.45) is 3.86. The van der Waals surface area contributed by atoms with Gasteiger partial charge in [0.05, 0.1) is 18.5 Å². The van der Waals surface area contributed by atoms with Gasteiger partial charge in [-0.2, -0.15) is 0 Å². The fraction of sp³-hybridized carbons (Fsp3) is 0.458. The molecule has 0 radical (unpaired) electrons. The number of alkyl halides is 1. The van der Waals surface area contributed by atoms with Gasteiger partial charge in [0.25, 0.3) is 0 Å². The fourth-order valence-electron chi connectivity index (χ4n) is 4.50. The van der Waals surface area contributed by atoms with Gasteiger partial charge in [-0.05, 0) is 61.6 Å². The van der Waals surface area contributed by atoms with Gasteiger partial charge in [-0.1, -0.05) is 11.8 Å². The largest absolute Gasteiger partial charge is 0.497 e. The van der Waals surface area contributed by atoms with E-state index < -0.39 is 18.1 Å². The van der Waals surface area contributed by atoms with Crippen molar-refractivity contribution < 1.29 is 19.0 Å². The number of nitrogens with zero attached hydrogens (tertiary/aromatic N) is 3. The van der Waals surface area contributed by atoms with Crippen molar-refractivity contribution in [2.75, 3.05) is 32.5 Å². The number of likely N-dealkylation sites (tertiary alicyclic amines) is 1. The number of thioether (sulfide) groups is 1. The van der Waals surface area contributed by atoms with Gasteiger partial charge in [-0.25, -0.2) is 9.37 Å². The number of aromatic nitrogens is 2. The smallest absolute Gasteiger partial charge is 0.308 e. The highest BCUT2D eigenvalue weighted by Gasteiger charge is 2.34. The molecule has 1 aromatic carbocycles. The summed E-state index contributed by atoms with van der Waals surface area (Å²) in [6.45, 7) is 2.20. The van der Waals surface area contributed by atoms with Crippen LogP contribution in [0.3, 0.4) is 0 Å². The molecule has 1 N–H and O–H groups in total. The molecule has 3 aromatic rings. The lowest BCUT2D eigenvalue weighted by molar-refractivity contribution is -0.146. The number of benzene rings is 1. The number of fused-ring (bicyclic) bond motifs is 1. The number of aliphatic carboxylic acids is 1. The van der Waals surface area contributed by atoms with Crippen LogP contribution in [-0.2, 0) is 4.79 Å². The lowest BCUT2D eigenvalue weighted by Crippen LogP contribution is -2.44. The summed E-state index contributed by atoms with van der Waals surface area (Å²) in [5, 5.41) is 12.5. The van der Waals surface area contributed by atoms with Crippen LogP contribution in [0.25, 0.3) is 10.9 Å². The van der Waals surface area contributed by atoms with Gasteiger partial charge in [0.1, 0.15) is 16.3 Å². The highest BCUT2D eigenvalue weighted by molar-refractivity contribution is 8.01. The summed E-state index contributed by atoms with van der Waals surface area (Å²) in [6, 6.07) is 7.16. The van der Waals surface area contributed by atoms with Gasteiger partial charge in [0.2, 0.25) is 0 Å².